The second kappa shape index (κ2) is 9.05. The summed E-state index contributed by atoms with van der Waals surface area (Å²) in [5.74, 6) is 0.188. The average Bonchev–Trinajstić information content (AvgIpc) is 2.62. The highest BCUT2D eigenvalue weighted by Gasteiger charge is 2.30. The van der Waals surface area contributed by atoms with Gasteiger partial charge in [-0.05, 0) is 49.1 Å². The van der Waals surface area contributed by atoms with Crippen LogP contribution in [-0.4, -0.2) is 33.7 Å². The Morgan fingerprint density at radius 1 is 1.17 bits per heavy atom. The summed E-state index contributed by atoms with van der Waals surface area (Å²) in [6.07, 6.45) is 1.06. The van der Waals surface area contributed by atoms with Crippen molar-refractivity contribution in [2.24, 2.45) is 0 Å². The summed E-state index contributed by atoms with van der Waals surface area (Å²) in [5, 5.41) is 3.17. The summed E-state index contributed by atoms with van der Waals surface area (Å²) < 4.78 is 31.2. The second-order valence-electron chi connectivity index (χ2n) is 7.24. The number of amides is 1. The highest BCUT2D eigenvalue weighted by Crippen LogP contribution is 2.32. The van der Waals surface area contributed by atoms with Gasteiger partial charge in [0, 0.05) is 5.69 Å². The first kappa shape index (κ1) is 23.0. The molecule has 29 heavy (non-hydrogen) atoms. The largest absolute Gasteiger partial charge is 0.495 e. The van der Waals surface area contributed by atoms with Gasteiger partial charge in [-0.1, -0.05) is 43.6 Å². The zero-order chi connectivity index (χ0) is 21.9. The molecule has 8 heteroatoms. The summed E-state index contributed by atoms with van der Waals surface area (Å²) in [7, 11) is -2.28. The van der Waals surface area contributed by atoms with Gasteiger partial charge >= 0.3 is 0 Å². The summed E-state index contributed by atoms with van der Waals surface area (Å²) >= 11 is 6.17. The van der Waals surface area contributed by atoms with Crippen molar-refractivity contribution in [2.45, 2.75) is 39.7 Å². The number of aryl methyl sites for hydroxylation is 1. The van der Waals surface area contributed by atoms with Gasteiger partial charge in [0.25, 0.3) is 0 Å². The van der Waals surface area contributed by atoms with Gasteiger partial charge in [-0.3, -0.25) is 9.10 Å². The lowest BCUT2D eigenvalue weighted by atomic mass is 9.98. The number of benzene rings is 2. The van der Waals surface area contributed by atoms with E-state index in [4.69, 9.17) is 16.3 Å². The SMILES string of the molecule is COc1ccc(N([C@@H](C)C(=O)Nc2c(C)cccc2C(C)C)S(C)(=O)=O)cc1Cl. The summed E-state index contributed by atoms with van der Waals surface area (Å²) in [6, 6.07) is 9.40. The van der Waals surface area contributed by atoms with Crippen molar-refractivity contribution < 1.29 is 17.9 Å². The Bertz CT molecular complexity index is 1010. The van der Waals surface area contributed by atoms with Gasteiger partial charge in [-0.25, -0.2) is 8.42 Å². The van der Waals surface area contributed by atoms with Crippen LogP contribution in [0.3, 0.4) is 0 Å². The molecule has 2 aromatic carbocycles. The van der Waals surface area contributed by atoms with Crippen LogP contribution in [0.15, 0.2) is 36.4 Å². The molecule has 1 N–H and O–H groups in total. The molecular weight excluding hydrogens is 412 g/mol. The van der Waals surface area contributed by atoms with Crippen LogP contribution in [0.2, 0.25) is 5.02 Å². The number of ether oxygens (including phenoxy) is 1. The average molecular weight is 439 g/mol. The van der Waals surface area contributed by atoms with Gasteiger partial charge in [-0.15, -0.1) is 0 Å². The predicted octanol–water partition coefficient (Wildman–Crippen LogP) is 4.57. The van der Waals surface area contributed by atoms with Gasteiger partial charge in [0.1, 0.15) is 11.8 Å². The molecule has 0 aliphatic rings. The molecular formula is C21H27ClN2O4S. The number of rotatable bonds is 7. The normalized spacial score (nSPS) is 12.6. The Morgan fingerprint density at radius 2 is 1.83 bits per heavy atom. The third-order valence-electron chi connectivity index (χ3n) is 4.65. The lowest BCUT2D eigenvalue weighted by Gasteiger charge is -2.29. The van der Waals surface area contributed by atoms with Crippen LogP contribution in [-0.2, 0) is 14.8 Å². The third-order valence-corrected chi connectivity index (χ3v) is 6.19. The van der Waals surface area contributed by atoms with E-state index in [9.17, 15) is 13.2 Å². The van der Waals surface area contributed by atoms with Crippen LogP contribution in [0.25, 0.3) is 0 Å². The number of methoxy groups -OCH3 is 1. The molecule has 0 aliphatic heterocycles. The van der Waals surface area contributed by atoms with Crippen molar-refractivity contribution >= 4 is 38.9 Å². The molecule has 0 bridgehead atoms. The Labute approximate surface area is 177 Å². The Balaban J connectivity index is 2.42. The number of anilines is 2. The number of para-hydroxylation sites is 1. The second-order valence-corrected chi connectivity index (χ2v) is 9.50. The van der Waals surface area contributed by atoms with E-state index in [-0.39, 0.29) is 16.6 Å². The molecule has 0 unspecified atom stereocenters. The van der Waals surface area contributed by atoms with E-state index in [0.717, 1.165) is 21.7 Å². The molecule has 0 aliphatic carbocycles. The monoisotopic (exact) mass is 438 g/mol. The van der Waals surface area contributed by atoms with E-state index in [1.54, 1.807) is 19.1 Å². The van der Waals surface area contributed by atoms with E-state index < -0.39 is 22.0 Å². The molecule has 158 valence electrons. The van der Waals surface area contributed by atoms with Crippen LogP contribution in [0, 0.1) is 6.92 Å². The molecule has 0 aromatic heterocycles. The highest BCUT2D eigenvalue weighted by molar-refractivity contribution is 7.92. The van der Waals surface area contributed by atoms with Crippen molar-refractivity contribution in [3.63, 3.8) is 0 Å². The molecule has 2 rings (SSSR count). The first-order chi connectivity index (χ1) is 13.5. The van der Waals surface area contributed by atoms with Crippen LogP contribution in [0.4, 0.5) is 11.4 Å². The Hall–Kier alpha value is -2.25. The van der Waals surface area contributed by atoms with E-state index in [1.807, 2.05) is 39.0 Å². The number of hydrogen-bond donors (Lipinski definition) is 1. The topological polar surface area (TPSA) is 75.7 Å². The molecule has 0 radical (unpaired) electrons. The van der Waals surface area contributed by atoms with Crippen LogP contribution in [0.1, 0.15) is 37.8 Å². The van der Waals surface area contributed by atoms with E-state index in [0.29, 0.717) is 11.4 Å². The number of nitrogens with one attached hydrogen (secondary N) is 1. The fourth-order valence-corrected chi connectivity index (χ4v) is 4.59. The third kappa shape index (κ3) is 5.22. The first-order valence-electron chi connectivity index (χ1n) is 9.20. The number of carbonyl (C=O) groups is 1. The number of nitrogens with zero attached hydrogens (tertiary/aromatic N) is 1. The minimum atomic E-state index is -3.75. The fourth-order valence-electron chi connectivity index (χ4n) is 3.17. The number of sulfonamides is 1. The van der Waals surface area contributed by atoms with Crippen LogP contribution < -0.4 is 14.4 Å². The summed E-state index contributed by atoms with van der Waals surface area (Å²) in [5.41, 5.74) is 2.90. The number of hydrogen-bond acceptors (Lipinski definition) is 4. The maximum absolute atomic E-state index is 13.0. The molecule has 1 amide bonds. The van der Waals surface area contributed by atoms with Crippen LogP contribution >= 0.6 is 11.6 Å². The smallest absolute Gasteiger partial charge is 0.248 e. The lowest BCUT2D eigenvalue weighted by molar-refractivity contribution is -0.116. The van der Waals surface area contributed by atoms with Crippen LogP contribution in [0.5, 0.6) is 5.75 Å². The van der Waals surface area contributed by atoms with Crippen molar-refractivity contribution in [2.75, 3.05) is 23.0 Å². The first-order valence-corrected chi connectivity index (χ1v) is 11.4. The van der Waals surface area contributed by atoms with Gasteiger partial charge in [-0.2, -0.15) is 0 Å². The maximum atomic E-state index is 13.0. The molecule has 2 aromatic rings. The minimum Gasteiger partial charge on any atom is -0.495 e. The highest BCUT2D eigenvalue weighted by atomic mass is 35.5. The minimum absolute atomic E-state index is 0.201. The van der Waals surface area contributed by atoms with Crippen molar-refractivity contribution in [3.8, 4) is 5.75 Å². The number of carbonyl (C=O) groups excluding carboxylic acids is 1. The van der Waals surface area contributed by atoms with Crippen molar-refractivity contribution in [1.82, 2.24) is 0 Å². The quantitative estimate of drug-likeness (QED) is 0.686. The van der Waals surface area contributed by atoms with Gasteiger partial charge in [0.15, 0.2) is 0 Å². The molecule has 0 spiro atoms. The molecule has 0 saturated heterocycles. The molecule has 6 nitrogen and oxygen atoms in total. The van der Waals surface area contributed by atoms with E-state index >= 15 is 0 Å². The summed E-state index contributed by atoms with van der Waals surface area (Å²) in [6.45, 7) is 7.53. The standard InChI is InChI=1S/C21H27ClN2O4S/c1-13(2)17-9-7-8-14(3)20(17)23-21(25)15(4)24(29(6,26)27)16-10-11-19(28-5)18(22)12-16/h7-13,15H,1-6H3,(H,23,25)/t15-/m0/s1. The van der Waals surface area contributed by atoms with E-state index in [2.05, 4.69) is 5.32 Å². The van der Waals surface area contributed by atoms with Crippen molar-refractivity contribution in [1.29, 1.82) is 0 Å². The predicted molar refractivity (Wildman–Crippen MR) is 119 cm³/mol. The summed E-state index contributed by atoms with van der Waals surface area (Å²) in [4.78, 5) is 13.0. The Kier molecular flexibility index (Phi) is 7.19. The fraction of sp³-hybridized carbons (Fsp3) is 0.381. The Morgan fingerprint density at radius 3 is 2.34 bits per heavy atom. The van der Waals surface area contributed by atoms with Gasteiger partial charge in [0.2, 0.25) is 15.9 Å². The molecule has 0 saturated carbocycles. The lowest BCUT2D eigenvalue weighted by Crippen LogP contribution is -2.45. The molecule has 0 heterocycles. The number of halogens is 1. The zero-order valence-corrected chi connectivity index (χ0v) is 19.1. The van der Waals surface area contributed by atoms with E-state index in [1.165, 1.54) is 13.2 Å². The van der Waals surface area contributed by atoms with Gasteiger partial charge < -0.3 is 10.1 Å². The maximum Gasteiger partial charge on any atom is 0.248 e. The van der Waals surface area contributed by atoms with Crippen molar-refractivity contribution in [3.05, 3.63) is 52.5 Å². The molecule has 1 atom stereocenters. The zero-order valence-electron chi connectivity index (χ0n) is 17.5. The molecule has 0 fully saturated rings. The van der Waals surface area contributed by atoms with Gasteiger partial charge in [0.05, 0.1) is 24.1 Å².